The van der Waals surface area contributed by atoms with E-state index in [2.05, 4.69) is 10.6 Å². The second kappa shape index (κ2) is 9.61. The second-order valence-electron chi connectivity index (χ2n) is 6.53. The maximum Gasteiger partial charge on any atom is 0.251 e. The molecule has 0 heterocycles. The number of aryl methyl sites for hydroxylation is 2. The van der Waals surface area contributed by atoms with E-state index in [1.165, 1.54) is 5.56 Å². The highest BCUT2D eigenvalue weighted by atomic mass is 16.2. The molecule has 2 rings (SSSR count). The highest BCUT2D eigenvalue weighted by Crippen LogP contribution is 2.12. The van der Waals surface area contributed by atoms with E-state index in [0.717, 1.165) is 17.7 Å². The molecule has 0 atom stereocenters. The Morgan fingerprint density at radius 2 is 1.50 bits per heavy atom. The smallest absolute Gasteiger partial charge is 0.251 e. The van der Waals surface area contributed by atoms with Crippen molar-refractivity contribution in [1.82, 2.24) is 10.6 Å². The van der Waals surface area contributed by atoms with Gasteiger partial charge in [0, 0.05) is 44.9 Å². The van der Waals surface area contributed by atoms with Crippen LogP contribution >= 0.6 is 0 Å². The molecule has 2 aromatic rings. The van der Waals surface area contributed by atoms with E-state index in [9.17, 15) is 9.59 Å². The monoisotopic (exact) mass is 353 g/mol. The lowest BCUT2D eigenvalue weighted by molar-refractivity contribution is -0.121. The van der Waals surface area contributed by atoms with Crippen molar-refractivity contribution >= 4 is 17.5 Å². The number of hydrogen-bond acceptors (Lipinski definition) is 3. The zero-order chi connectivity index (χ0) is 18.9. The number of benzene rings is 2. The summed E-state index contributed by atoms with van der Waals surface area (Å²) in [5, 5.41) is 5.65. The normalized spacial score (nSPS) is 10.3. The molecule has 0 unspecified atom stereocenters. The summed E-state index contributed by atoms with van der Waals surface area (Å²) in [4.78, 5) is 25.9. The molecule has 0 fully saturated rings. The first kappa shape index (κ1) is 19.5. The van der Waals surface area contributed by atoms with E-state index in [0.29, 0.717) is 25.1 Å². The van der Waals surface area contributed by atoms with Gasteiger partial charge in [-0.25, -0.2) is 0 Å². The van der Waals surface area contributed by atoms with Gasteiger partial charge in [0.25, 0.3) is 5.91 Å². The average molecular weight is 353 g/mol. The first-order valence-corrected chi connectivity index (χ1v) is 8.83. The minimum atomic E-state index is -0.135. The van der Waals surface area contributed by atoms with Crippen LogP contribution in [0.5, 0.6) is 0 Å². The fourth-order valence-corrected chi connectivity index (χ4v) is 2.49. The molecule has 0 spiro atoms. The standard InChI is InChI=1S/C21H27N3O2/c1-16-4-6-17(7-5-16)8-13-20(25)22-14-15-23-21(26)18-9-11-19(12-10-18)24(2)3/h4-7,9-12H,8,13-15H2,1-3H3,(H,22,25)(H,23,26). The van der Waals surface area contributed by atoms with Crippen molar-refractivity contribution in [3.05, 3.63) is 65.2 Å². The summed E-state index contributed by atoms with van der Waals surface area (Å²) in [6, 6.07) is 15.6. The molecule has 0 bridgehead atoms. The minimum absolute atomic E-state index is 0.00448. The first-order chi connectivity index (χ1) is 12.5. The summed E-state index contributed by atoms with van der Waals surface area (Å²) < 4.78 is 0. The molecule has 0 aromatic heterocycles. The van der Waals surface area contributed by atoms with Crippen LogP contribution in [0.25, 0.3) is 0 Å². The molecule has 0 aliphatic carbocycles. The number of rotatable bonds is 8. The number of amides is 2. The second-order valence-corrected chi connectivity index (χ2v) is 6.53. The third kappa shape index (κ3) is 6.24. The highest BCUT2D eigenvalue weighted by Gasteiger charge is 2.06. The Balaban J connectivity index is 1.65. The number of anilines is 1. The molecule has 5 nitrogen and oxygen atoms in total. The summed E-state index contributed by atoms with van der Waals surface area (Å²) >= 11 is 0. The lowest BCUT2D eigenvalue weighted by Gasteiger charge is -2.12. The lowest BCUT2D eigenvalue weighted by atomic mass is 10.1. The molecule has 5 heteroatoms. The summed E-state index contributed by atoms with van der Waals surface area (Å²) in [6.07, 6.45) is 1.17. The van der Waals surface area contributed by atoms with Crippen LogP contribution in [-0.4, -0.2) is 39.0 Å². The molecule has 0 radical (unpaired) electrons. The average Bonchev–Trinajstić information content (AvgIpc) is 2.64. The Hall–Kier alpha value is -2.82. The van der Waals surface area contributed by atoms with Crippen LogP contribution in [0.3, 0.4) is 0 Å². The first-order valence-electron chi connectivity index (χ1n) is 8.83. The van der Waals surface area contributed by atoms with E-state index >= 15 is 0 Å². The SMILES string of the molecule is Cc1ccc(CCC(=O)NCCNC(=O)c2ccc(N(C)C)cc2)cc1. The number of carbonyl (C=O) groups is 2. The molecule has 2 amide bonds. The highest BCUT2D eigenvalue weighted by molar-refractivity contribution is 5.94. The predicted octanol–water partition coefficient (Wildman–Crippen LogP) is 2.54. The van der Waals surface area contributed by atoms with Gasteiger partial charge in [-0.05, 0) is 43.2 Å². The Kier molecular flexibility index (Phi) is 7.21. The number of carbonyl (C=O) groups excluding carboxylic acids is 2. The predicted molar refractivity (Wildman–Crippen MR) is 106 cm³/mol. The van der Waals surface area contributed by atoms with Crippen LogP contribution in [0.15, 0.2) is 48.5 Å². The van der Waals surface area contributed by atoms with Gasteiger partial charge in [-0.1, -0.05) is 29.8 Å². The van der Waals surface area contributed by atoms with E-state index in [1.54, 1.807) is 12.1 Å². The fourth-order valence-electron chi connectivity index (χ4n) is 2.49. The largest absolute Gasteiger partial charge is 0.378 e. The van der Waals surface area contributed by atoms with Crippen molar-refractivity contribution in [2.75, 3.05) is 32.1 Å². The minimum Gasteiger partial charge on any atom is -0.378 e. The zero-order valence-corrected chi connectivity index (χ0v) is 15.7. The van der Waals surface area contributed by atoms with Crippen LogP contribution in [0.4, 0.5) is 5.69 Å². The van der Waals surface area contributed by atoms with Gasteiger partial charge in [-0.2, -0.15) is 0 Å². The van der Waals surface area contributed by atoms with Gasteiger partial charge in [0.05, 0.1) is 0 Å². The Morgan fingerprint density at radius 1 is 0.885 bits per heavy atom. The van der Waals surface area contributed by atoms with Gasteiger partial charge < -0.3 is 15.5 Å². The van der Waals surface area contributed by atoms with Crippen molar-refractivity contribution in [2.45, 2.75) is 19.8 Å². The Bertz CT molecular complexity index is 722. The zero-order valence-electron chi connectivity index (χ0n) is 15.7. The molecule has 0 aliphatic rings. The lowest BCUT2D eigenvalue weighted by Crippen LogP contribution is -2.34. The molecule has 2 N–H and O–H groups in total. The summed E-state index contributed by atoms with van der Waals surface area (Å²) in [5.74, 6) is -0.139. The summed E-state index contributed by atoms with van der Waals surface area (Å²) in [5.41, 5.74) is 4.02. The summed E-state index contributed by atoms with van der Waals surface area (Å²) in [7, 11) is 3.91. The third-order valence-corrected chi connectivity index (χ3v) is 4.14. The van der Waals surface area contributed by atoms with E-state index in [1.807, 2.05) is 62.3 Å². The molecule has 0 aliphatic heterocycles. The molecular formula is C21H27N3O2. The Morgan fingerprint density at radius 3 is 2.12 bits per heavy atom. The quantitative estimate of drug-likeness (QED) is 0.717. The molecule has 0 saturated heterocycles. The fraction of sp³-hybridized carbons (Fsp3) is 0.333. The molecular weight excluding hydrogens is 326 g/mol. The number of nitrogens with zero attached hydrogens (tertiary/aromatic N) is 1. The van der Waals surface area contributed by atoms with Crippen molar-refractivity contribution in [2.24, 2.45) is 0 Å². The number of hydrogen-bond donors (Lipinski definition) is 2. The van der Waals surface area contributed by atoms with Crippen LogP contribution in [-0.2, 0) is 11.2 Å². The third-order valence-electron chi connectivity index (χ3n) is 4.14. The molecule has 138 valence electrons. The van der Waals surface area contributed by atoms with Crippen molar-refractivity contribution < 1.29 is 9.59 Å². The van der Waals surface area contributed by atoms with Crippen molar-refractivity contribution in [3.63, 3.8) is 0 Å². The molecule has 0 saturated carbocycles. The van der Waals surface area contributed by atoms with Gasteiger partial charge in [0.15, 0.2) is 0 Å². The Labute approximate surface area is 155 Å². The van der Waals surface area contributed by atoms with Gasteiger partial charge >= 0.3 is 0 Å². The van der Waals surface area contributed by atoms with Crippen LogP contribution < -0.4 is 15.5 Å². The van der Waals surface area contributed by atoms with E-state index in [-0.39, 0.29) is 11.8 Å². The van der Waals surface area contributed by atoms with Gasteiger partial charge in [-0.3, -0.25) is 9.59 Å². The van der Waals surface area contributed by atoms with E-state index < -0.39 is 0 Å². The van der Waals surface area contributed by atoms with Crippen LogP contribution in [0.1, 0.15) is 27.9 Å². The number of nitrogens with one attached hydrogen (secondary N) is 2. The summed E-state index contributed by atoms with van der Waals surface area (Å²) in [6.45, 7) is 2.88. The molecule has 2 aromatic carbocycles. The van der Waals surface area contributed by atoms with Crippen molar-refractivity contribution in [3.8, 4) is 0 Å². The maximum atomic E-state index is 12.1. The van der Waals surface area contributed by atoms with Gasteiger partial charge in [0.1, 0.15) is 0 Å². The van der Waals surface area contributed by atoms with Gasteiger partial charge in [0.2, 0.25) is 5.91 Å². The van der Waals surface area contributed by atoms with Crippen LogP contribution in [0.2, 0.25) is 0 Å². The topological polar surface area (TPSA) is 61.4 Å². The van der Waals surface area contributed by atoms with Crippen LogP contribution in [0, 0.1) is 6.92 Å². The van der Waals surface area contributed by atoms with Gasteiger partial charge in [-0.15, -0.1) is 0 Å². The maximum absolute atomic E-state index is 12.1. The molecule has 26 heavy (non-hydrogen) atoms. The van der Waals surface area contributed by atoms with E-state index in [4.69, 9.17) is 0 Å². The van der Waals surface area contributed by atoms with Crippen molar-refractivity contribution in [1.29, 1.82) is 0 Å².